The molecule has 0 spiro atoms. The van der Waals surface area contributed by atoms with Crippen LogP contribution < -0.4 is 11.1 Å². The second kappa shape index (κ2) is 10.2. The molecule has 0 heterocycles. The molecule has 0 saturated heterocycles. The Morgan fingerprint density at radius 2 is 1.96 bits per heavy atom. The molecule has 4 unspecified atom stereocenters. The smallest absolute Gasteiger partial charge is 0.224 e. The Kier molecular flexibility index (Phi) is 9.03. The summed E-state index contributed by atoms with van der Waals surface area (Å²) in [6.07, 6.45) is 4.80. The summed E-state index contributed by atoms with van der Waals surface area (Å²) in [5.41, 5.74) is 7.29. The molecule has 1 aliphatic rings. The van der Waals surface area contributed by atoms with Crippen LogP contribution in [0.15, 0.2) is 30.3 Å². The first kappa shape index (κ1) is 20.3. The fraction of sp³-hybridized carbons (Fsp3) is 0.611. The summed E-state index contributed by atoms with van der Waals surface area (Å²) in [5, 5.41) is 3.82. The molecule has 23 heavy (non-hydrogen) atoms. The molecule has 3 N–H and O–H groups in total. The molecule has 1 fully saturated rings. The lowest BCUT2D eigenvalue weighted by Crippen LogP contribution is -2.47. The van der Waals surface area contributed by atoms with Crippen molar-refractivity contribution in [3.05, 3.63) is 35.9 Å². The molecule has 0 aliphatic heterocycles. The van der Waals surface area contributed by atoms with Crippen molar-refractivity contribution in [1.29, 1.82) is 0 Å². The predicted octanol–water partition coefficient (Wildman–Crippen LogP) is 3.92. The zero-order chi connectivity index (χ0) is 15.9. The molecule has 2 rings (SSSR count). The predicted molar refractivity (Wildman–Crippen MR) is 102 cm³/mol. The van der Waals surface area contributed by atoms with E-state index in [4.69, 9.17) is 5.73 Å². The maximum atomic E-state index is 12.6. The van der Waals surface area contributed by atoms with Gasteiger partial charge in [0, 0.05) is 17.3 Å². The first-order chi connectivity index (χ1) is 10.6. The minimum absolute atomic E-state index is 0. The maximum absolute atomic E-state index is 12.6. The lowest BCUT2D eigenvalue weighted by Gasteiger charge is -2.33. The van der Waals surface area contributed by atoms with Crippen molar-refractivity contribution in [3.8, 4) is 0 Å². The van der Waals surface area contributed by atoms with E-state index in [1.165, 1.54) is 19.3 Å². The van der Waals surface area contributed by atoms with Crippen molar-refractivity contribution >= 4 is 30.1 Å². The maximum Gasteiger partial charge on any atom is 0.224 e. The van der Waals surface area contributed by atoms with E-state index in [2.05, 4.69) is 12.2 Å². The summed E-state index contributed by atoms with van der Waals surface area (Å²) in [4.78, 5) is 12.6. The Morgan fingerprint density at radius 3 is 2.61 bits per heavy atom. The number of hydrogen-bond donors (Lipinski definition) is 2. The minimum Gasteiger partial charge on any atom is -0.352 e. The van der Waals surface area contributed by atoms with Gasteiger partial charge in [-0.15, -0.1) is 12.4 Å². The third-order valence-electron chi connectivity index (χ3n) is 4.55. The van der Waals surface area contributed by atoms with Crippen molar-refractivity contribution < 1.29 is 4.79 Å². The Hall–Kier alpha value is -0.710. The second-order valence-electron chi connectivity index (χ2n) is 6.12. The molecule has 0 bridgehead atoms. The number of carbonyl (C=O) groups excluding carboxylic acids is 1. The minimum atomic E-state index is -0.248. The molecule has 0 aromatic heterocycles. The van der Waals surface area contributed by atoms with Gasteiger partial charge in [0.1, 0.15) is 0 Å². The van der Waals surface area contributed by atoms with Gasteiger partial charge < -0.3 is 11.1 Å². The summed E-state index contributed by atoms with van der Waals surface area (Å²) < 4.78 is 0. The van der Waals surface area contributed by atoms with Crippen LogP contribution in [0.5, 0.6) is 0 Å². The van der Waals surface area contributed by atoms with Crippen LogP contribution >= 0.6 is 24.2 Å². The molecular weight excluding hydrogens is 328 g/mol. The van der Waals surface area contributed by atoms with Crippen molar-refractivity contribution in [1.82, 2.24) is 5.32 Å². The standard InChI is InChI=1S/C18H28N2OS.ClH/c1-3-22-16-12-8-7-11-15(16)20-18(21)13(2)17(19)14-9-5-4-6-10-14;/h4-6,9-10,13,15-17H,3,7-8,11-12,19H2,1-2H3,(H,20,21);1H. The van der Waals surface area contributed by atoms with Gasteiger partial charge in [-0.3, -0.25) is 4.79 Å². The Bertz CT molecular complexity index is 469. The van der Waals surface area contributed by atoms with Gasteiger partial charge in [0.2, 0.25) is 5.91 Å². The first-order valence-corrected chi connectivity index (χ1v) is 9.40. The van der Waals surface area contributed by atoms with E-state index in [1.807, 2.05) is 49.0 Å². The number of rotatable bonds is 6. The zero-order valence-electron chi connectivity index (χ0n) is 14.0. The number of benzene rings is 1. The van der Waals surface area contributed by atoms with Gasteiger partial charge in [-0.05, 0) is 24.2 Å². The van der Waals surface area contributed by atoms with Gasteiger partial charge in [-0.2, -0.15) is 11.8 Å². The van der Waals surface area contributed by atoms with Crippen LogP contribution in [0.1, 0.15) is 51.1 Å². The number of halogens is 1. The third kappa shape index (κ3) is 5.70. The fourth-order valence-electron chi connectivity index (χ4n) is 3.12. The molecule has 1 aliphatic carbocycles. The van der Waals surface area contributed by atoms with Crippen LogP contribution in [-0.2, 0) is 4.79 Å². The molecule has 1 aromatic carbocycles. The van der Waals surface area contributed by atoms with Gasteiger partial charge in [0.05, 0.1) is 5.92 Å². The van der Waals surface area contributed by atoms with Crippen molar-refractivity contribution in [3.63, 3.8) is 0 Å². The average molecular weight is 357 g/mol. The number of nitrogens with two attached hydrogens (primary N) is 1. The highest BCUT2D eigenvalue weighted by atomic mass is 35.5. The number of amides is 1. The first-order valence-electron chi connectivity index (χ1n) is 8.36. The van der Waals surface area contributed by atoms with E-state index in [0.29, 0.717) is 11.3 Å². The second-order valence-corrected chi connectivity index (χ2v) is 7.63. The van der Waals surface area contributed by atoms with Crippen LogP contribution in [0, 0.1) is 5.92 Å². The van der Waals surface area contributed by atoms with Gasteiger partial charge in [-0.1, -0.05) is 57.0 Å². The summed E-state index contributed by atoms with van der Waals surface area (Å²) in [7, 11) is 0. The lowest BCUT2D eigenvalue weighted by atomic mass is 9.91. The topological polar surface area (TPSA) is 55.1 Å². The number of carbonyl (C=O) groups is 1. The van der Waals surface area contributed by atoms with Gasteiger partial charge in [0.25, 0.3) is 0 Å². The summed E-state index contributed by atoms with van der Waals surface area (Å²) in [6, 6.07) is 9.94. The Balaban J connectivity index is 0.00000264. The summed E-state index contributed by atoms with van der Waals surface area (Å²) in [5.74, 6) is 0.984. The highest BCUT2D eigenvalue weighted by Crippen LogP contribution is 2.29. The van der Waals surface area contributed by atoms with Crippen LogP contribution in [0.2, 0.25) is 0 Å². The van der Waals surface area contributed by atoms with E-state index >= 15 is 0 Å². The monoisotopic (exact) mass is 356 g/mol. The van der Waals surface area contributed by atoms with E-state index in [-0.39, 0.29) is 30.3 Å². The molecular formula is C18H29ClN2OS. The number of nitrogens with one attached hydrogen (secondary N) is 1. The SMILES string of the molecule is CCSC1CCCCC1NC(=O)C(C)C(N)c1ccccc1.Cl. The molecule has 1 aromatic rings. The van der Waals surface area contributed by atoms with E-state index in [9.17, 15) is 4.79 Å². The molecule has 5 heteroatoms. The zero-order valence-corrected chi connectivity index (χ0v) is 15.7. The molecule has 3 nitrogen and oxygen atoms in total. The molecule has 130 valence electrons. The molecule has 4 atom stereocenters. The van der Waals surface area contributed by atoms with Crippen molar-refractivity contribution in [2.75, 3.05) is 5.75 Å². The van der Waals surface area contributed by atoms with Crippen LogP contribution in [0.25, 0.3) is 0 Å². The Morgan fingerprint density at radius 1 is 1.30 bits per heavy atom. The summed E-state index contributed by atoms with van der Waals surface area (Å²) >= 11 is 1.97. The van der Waals surface area contributed by atoms with E-state index < -0.39 is 0 Å². The van der Waals surface area contributed by atoms with Gasteiger partial charge in [-0.25, -0.2) is 0 Å². The van der Waals surface area contributed by atoms with E-state index in [0.717, 1.165) is 17.7 Å². The normalized spacial score (nSPS) is 23.4. The highest BCUT2D eigenvalue weighted by molar-refractivity contribution is 7.99. The van der Waals surface area contributed by atoms with Crippen LogP contribution in [0.3, 0.4) is 0 Å². The van der Waals surface area contributed by atoms with Gasteiger partial charge in [0.15, 0.2) is 0 Å². The van der Waals surface area contributed by atoms with E-state index in [1.54, 1.807) is 0 Å². The molecule has 1 saturated carbocycles. The van der Waals surface area contributed by atoms with Crippen molar-refractivity contribution in [2.24, 2.45) is 11.7 Å². The largest absolute Gasteiger partial charge is 0.352 e. The fourth-order valence-corrected chi connectivity index (χ4v) is 4.31. The van der Waals surface area contributed by atoms with Crippen LogP contribution in [-0.4, -0.2) is 23.0 Å². The quantitative estimate of drug-likeness (QED) is 0.812. The molecule has 0 radical (unpaired) electrons. The van der Waals surface area contributed by atoms with Gasteiger partial charge >= 0.3 is 0 Å². The number of hydrogen-bond acceptors (Lipinski definition) is 3. The van der Waals surface area contributed by atoms with Crippen LogP contribution in [0.4, 0.5) is 0 Å². The lowest BCUT2D eigenvalue weighted by molar-refractivity contribution is -0.126. The Labute approximate surface area is 150 Å². The average Bonchev–Trinajstić information content (AvgIpc) is 2.56. The molecule has 1 amide bonds. The third-order valence-corrected chi connectivity index (χ3v) is 5.87. The highest BCUT2D eigenvalue weighted by Gasteiger charge is 2.29. The number of thioether (sulfide) groups is 1. The summed E-state index contributed by atoms with van der Waals surface area (Å²) in [6.45, 7) is 4.11. The van der Waals surface area contributed by atoms with Crippen molar-refractivity contribution in [2.45, 2.75) is 56.9 Å².